The van der Waals surface area contributed by atoms with Crippen molar-refractivity contribution in [1.29, 1.82) is 0 Å². The van der Waals surface area contributed by atoms with Gasteiger partial charge in [0, 0.05) is 0 Å². The number of hydrogen-bond donors (Lipinski definition) is 0. The zero-order valence-electron chi connectivity index (χ0n) is 13.5. The summed E-state index contributed by atoms with van der Waals surface area (Å²) in [4.78, 5) is -1.96. The van der Waals surface area contributed by atoms with Crippen LogP contribution in [-0.4, -0.2) is 25.9 Å². The smallest absolute Gasteiger partial charge is 0.744 e. The number of para-hydroxylation sites is 1. The number of hydrogen-bond acceptors (Lipinski definition) is 7. The second kappa shape index (κ2) is 10.5. The van der Waals surface area contributed by atoms with E-state index >= 15 is 0 Å². The largest absolute Gasteiger partial charge is 1.00 e. The molecule has 0 saturated heterocycles. The monoisotopic (exact) mass is 510 g/mol. The molecule has 27 heavy (non-hydrogen) atoms. The first-order chi connectivity index (χ1) is 11.4. The molecule has 0 spiro atoms. The Morgan fingerprint density at radius 3 is 1.70 bits per heavy atom. The predicted octanol–water partition coefficient (Wildman–Crippen LogP) is -2.09. The van der Waals surface area contributed by atoms with Crippen molar-refractivity contribution in [1.82, 2.24) is 0 Å². The summed E-state index contributed by atoms with van der Waals surface area (Å²) in [6.45, 7) is 0. The van der Waals surface area contributed by atoms with Crippen LogP contribution < -0.4 is 63.9 Å². The van der Waals surface area contributed by atoms with Gasteiger partial charge in [-0.1, -0.05) is 58.5 Å². The van der Waals surface area contributed by atoms with Gasteiger partial charge >= 0.3 is 59.1 Å². The zero-order valence-corrected chi connectivity index (χ0v) is 22.2. The number of benzene rings is 2. The van der Waals surface area contributed by atoms with E-state index in [0.717, 1.165) is 12.1 Å². The molecular weight excluding hydrogens is 508 g/mol. The number of ether oxygens (including phenoxy) is 1. The first-order valence-electron chi connectivity index (χ1n) is 5.90. The minimum Gasteiger partial charge on any atom is -0.744 e. The molecule has 15 heteroatoms. The average molecular weight is 512 g/mol. The van der Waals surface area contributed by atoms with Crippen LogP contribution in [0.15, 0.2) is 34.1 Å². The third kappa shape index (κ3) is 6.35. The van der Waals surface area contributed by atoms with Crippen LogP contribution in [0.4, 0.5) is 0 Å². The fourth-order valence-corrected chi connectivity index (χ4v) is 4.32. The molecule has 2 rings (SSSR count). The minimum absolute atomic E-state index is 0. The molecule has 2 aromatic carbocycles. The van der Waals surface area contributed by atoms with Crippen molar-refractivity contribution < 1.29 is 89.8 Å². The van der Waals surface area contributed by atoms with Crippen molar-refractivity contribution >= 4 is 66.6 Å². The van der Waals surface area contributed by atoms with Crippen molar-refractivity contribution in [3.63, 3.8) is 0 Å². The van der Waals surface area contributed by atoms with E-state index in [1.165, 1.54) is 12.1 Å². The molecule has 0 amide bonds. The molecule has 0 fully saturated rings. The summed E-state index contributed by atoms with van der Waals surface area (Å²) >= 11 is 23.1. The normalized spacial score (nSPS) is 11.3. The molecule has 0 saturated carbocycles. The van der Waals surface area contributed by atoms with Crippen molar-refractivity contribution in [2.75, 3.05) is 0 Å². The topological polar surface area (TPSA) is 124 Å². The van der Waals surface area contributed by atoms with Gasteiger partial charge in [-0.25, -0.2) is 16.8 Å². The van der Waals surface area contributed by atoms with E-state index in [1.807, 2.05) is 0 Å². The Kier molecular flexibility index (Phi) is 11.0. The standard InChI is InChI=1S/C12H6Cl4O7S2.2Na/c13-7-8(14)10(16)12(25(20,21)22)11(9(7)15)23-5-3-1-2-4-6(5)24(17,18)19;;/h1-4H,(H,17,18,19)(H,20,21,22);;/q;2*+1/p-2. The molecule has 0 N–H and O–H groups in total. The van der Waals surface area contributed by atoms with Crippen LogP contribution in [0.2, 0.25) is 20.1 Å². The first-order valence-corrected chi connectivity index (χ1v) is 10.2. The fourth-order valence-electron chi connectivity index (χ4n) is 1.76. The van der Waals surface area contributed by atoms with Crippen LogP contribution in [0.25, 0.3) is 0 Å². The van der Waals surface area contributed by atoms with Gasteiger partial charge in [0.15, 0.2) is 5.75 Å². The van der Waals surface area contributed by atoms with Gasteiger partial charge in [0.1, 0.15) is 35.9 Å². The van der Waals surface area contributed by atoms with Crippen molar-refractivity contribution in [3.8, 4) is 11.5 Å². The summed E-state index contributed by atoms with van der Waals surface area (Å²) in [5, 5.41) is -2.31. The molecule has 0 bridgehead atoms. The third-order valence-electron chi connectivity index (χ3n) is 2.76. The molecular formula is C12H4Cl4Na2O7S2. The van der Waals surface area contributed by atoms with Crippen LogP contribution in [0.1, 0.15) is 0 Å². The molecule has 7 nitrogen and oxygen atoms in total. The van der Waals surface area contributed by atoms with E-state index in [4.69, 9.17) is 51.1 Å². The molecule has 2 aromatic rings. The van der Waals surface area contributed by atoms with Crippen LogP contribution in [0, 0.1) is 0 Å². The summed E-state index contributed by atoms with van der Waals surface area (Å²) in [6.07, 6.45) is 0. The second-order valence-electron chi connectivity index (χ2n) is 4.37. The van der Waals surface area contributed by atoms with E-state index in [1.54, 1.807) is 0 Å². The minimum atomic E-state index is -5.26. The van der Waals surface area contributed by atoms with Gasteiger partial charge in [-0.05, 0) is 12.1 Å². The molecule has 0 aliphatic carbocycles. The quantitative estimate of drug-likeness (QED) is 0.199. The van der Waals surface area contributed by atoms with Crippen LogP contribution in [0.3, 0.4) is 0 Å². The van der Waals surface area contributed by atoms with Gasteiger partial charge in [0.05, 0.1) is 20.0 Å². The maximum atomic E-state index is 11.5. The first kappa shape index (κ1) is 28.2. The summed E-state index contributed by atoms with van der Waals surface area (Å²) in [7, 11) is -10.2. The van der Waals surface area contributed by atoms with Gasteiger partial charge in [0.25, 0.3) is 0 Å². The van der Waals surface area contributed by atoms with Crippen molar-refractivity contribution in [2.24, 2.45) is 0 Å². The maximum Gasteiger partial charge on any atom is 1.00 e. The van der Waals surface area contributed by atoms with Crippen LogP contribution in [0.5, 0.6) is 11.5 Å². The molecule has 0 unspecified atom stereocenters. The fraction of sp³-hybridized carbons (Fsp3) is 0. The average Bonchev–Trinajstić information content (AvgIpc) is 2.48. The molecule has 0 aromatic heterocycles. The van der Waals surface area contributed by atoms with Crippen molar-refractivity contribution in [2.45, 2.75) is 9.79 Å². The maximum absolute atomic E-state index is 11.5. The van der Waals surface area contributed by atoms with E-state index in [-0.39, 0.29) is 59.1 Å². The van der Waals surface area contributed by atoms with Gasteiger partial charge in [-0.2, -0.15) is 0 Å². The Balaban J connectivity index is 0.00000338. The van der Waals surface area contributed by atoms with Gasteiger partial charge < -0.3 is 13.8 Å². The Morgan fingerprint density at radius 1 is 0.741 bits per heavy atom. The van der Waals surface area contributed by atoms with Gasteiger partial charge in [0.2, 0.25) is 0 Å². The zero-order chi connectivity index (χ0) is 19.2. The van der Waals surface area contributed by atoms with Crippen LogP contribution >= 0.6 is 46.4 Å². The summed E-state index contributed by atoms with van der Waals surface area (Å²) in [5.41, 5.74) is 0. The number of halogens is 4. The SMILES string of the molecule is O=S(=O)([O-])c1ccccc1Oc1c(Cl)c(Cl)c(Cl)c(Cl)c1S(=O)(=O)[O-].[Na+].[Na+]. The molecule has 0 aliphatic heterocycles. The van der Waals surface area contributed by atoms with Gasteiger partial charge in [-0.15, -0.1) is 0 Å². The van der Waals surface area contributed by atoms with E-state index in [2.05, 4.69) is 0 Å². The van der Waals surface area contributed by atoms with E-state index in [9.17, 15) is 25.9 Å². The Morgan fingerprint density at radius 2 is 1.22 bits per heavy atom. The second-order valence-corrected chi connectivity index (χ2v) is 8.55. The molecule has 0 aliphatic rings. The third-order valence-corrected chi connectivity index (χ3v) is 6.43. The Labute approximate surface area is 219 Å². The van der Waals surface area contributed by atoms with E-state index < -0.39 is 61.6 Å². The molecule has 0 heterocycles. The predicted molar refractivity (Wildman–Crippen MR) is 88.9 cm³/mol. The summed E-state index contributed by atoms with van der Waals surface area (Å²) < 4.78 is 73.5. The van der Waals surface area contributed by atoms with Crippen molar-refractivity contribution in [3.05, 3.63) is 44.4 Å². The van der Waals surface area contributed by atoms with Crippen LogP contribution in [-0.2, 0) is 20.2 Å². The van der Waals surface area contributed by atoms with E-state index in [0.29, 0.717) is 0 Å². The van der Waals surface area contributed by atoms with Gasteiger partial charge in [-0.3, -0.25) is 0 Å². The number of rotatable bonds is 4. The Hall–Kier alpha value is 1.22. The summed E-state index contributed by atoms with van der Waals surface area (Å²) in [6, 6.07) is 4.48. The summed E-state index contributed by atoms with van der Waals surface area (Å²) in [5.74, 6) is -1.44. The molecule has 0 radical (unpaired) electrons. The Bertz CT molecular complexity index is 1080. The molecule has 136 valence electrons. The molecule has 0 atom stereocenters.